The Morgan fingerprint density at radius 2 is 2.00 bits per heavy atom. The Labute approximate surface area is 44.5 Å². The Hall–Kier alpha value is -0.850. The minimum atomic E-state index is 0. The monoisotopic (exact) mass is 95.1 g/mol. The van der Waals surface area contributed by atoms with Crippen LogP contribution in [0.4, 0.5) is 0 Å². The van der Waals surface area contributed by atoms with Crippen LogP contribution in [0.5, 0.6) is 0 Å². The Bertz CT molecular complexity index is 138. The van der Waals surface area contributed by atoms with Crippen molar-refractivity contribution in [2.75, 3.05) is 0 Å². The summed E-state index contributed by atoms with van der Waals surface area (Å²) in [6, 6.07) is 3.94. The van der Waals surface area contributed by atoms with Crippen LogP contribution in [-0.2, 0) is 0 Å². The average Bonchev–Trinajstić information content (AvgIpc) is 1.69. The zero-order chi connectivity index (χ0) is 5.11. The van der Waals surface area contributed by atoms with Crippen molar-refractivity contribution >= 4 is 0 Å². The van der Waals surface area contributed by atoms with Gasteiger partial charge in [-0.15, -0.1) is 0 Å². The van der Waals surface area contributed by atoms with Gasteiger partial charge in [-0.2, -0.15) is 0 Å². The molecule has 0 aliphatic heterocycles. The number of hydrogen-bond donors (Lipinski definition) is 0. The fourth-order valence-electron chi connectivity index (χ4n) is 0.426. The van der Waals surface area contributed by atoms with Crippen LogP contribution in [0.1, 0.15) is 6.99 Å². The number of aryl methyl sites for hydroxylation is 1. The molecule has 7 heavy (non-hydrogen) atoms. The van der Waals surface area contributed by atoms with Crippen LogP contribution in [0.15, 0.2) is 24.5 Å². The molecule has 1 aromatic heterocycles. The summed E-state index contributed by atoms with van der Waals surface area (Å²) in [6.45, 7) is 2.04. The molecule has 0 aliphatic rings. The quantitative estimate of drug-likeness (QED) is 0.476. The topological polar surface area (TPSA) is 12.9 Å². The van der Waals surface area contributed by atoms with Crippen molar-refractivity contribution in [3.05, 3.63) is 30.1 Å². The molecule has 1 radical (unpaired) electrons. The summed E-state index contributed by atoms with van der Waals surface area (Å²) in [5.74, 6) is 0. The third-order valence-electron chi connectivity index (χ3n) is 0.847. The molecule has 0 bridgehead atoms. The molecule has 0 fully saturated rings. The summed E-state index contributed by atoms with van der Waals surface area (Å²) < 4.78 is 0. The van der Waals surface area contributed by atoms with Crippen molar-refractivity contribution in [3.8, 4) is 0 Å². The van der Waals surface area contributed by atoms with E-state index in [-0.39, 0.29) is 1.43 Å². The fourth-order valence-corrected chi connectivity index (χ4v) is 0.426. The highest BCUT2D eigenvalue weighted by Gasteiger charge is 1.72. The molecule has 0 atom stereocenters. The molecule has 0 saturated carbocycles. The van der Waals surface area contributed by atoms with Gasteiger partial charge >= 0.3 is 0 Å². The SMILES string of the molecule is Cc1ccncc1.[2H]. The van der Waals surface area contributed by atoms with Crippen LogP contribution < -0.4 is 0 Å². The van der Waals surface area contributed by atoms with Crippen LogP contribution in [0, 0.1) is 6.92 Å². The van der Waals surface area contributed by atoms with Crippen LogP contribution in [0.25, 0.3) is 0 Å². The second-order valence-electron chi connectivity index (χ2n) is 1.52. The summed E-state index contributed by atoms with van der Waals surface area (Å²) in [5.41, 5.74) is 1.26. The number of aromatic nitrogens is 1. The molecule has 0 N–H and O–H groups in total. The van der Waals surface area contributed by atoms with Crippen molar-refractivity contribution in [2.24, 2.45) is 0 Å². The fraction of sp³-hybridized carbons (Fsp3) is 0.167. The molecular formula is C6H8N. The Morgan fingerprint density at radius 1 is 1.43 bits per heavy atom. The Balaban J connectivity index is 0.000000490. The van der Waals surface area contributed by atoms with E-state index in [4.69, 9.17) is 0 Å². The first-order valence-corrected chi connectivity index (χ1v) is 2.26. The number of rotatable bonds is 0. The van der Waals surface area contributed by atoms with Crippen molar-refractivity contribution < 1.29 is 1.43 Å². The predicted octanol–water partition coefficient (Wildman–Crippen LogP) is 1.50. The number of pyridine rings is 1. The first-order chi connectivity index (χ1) is 3.39. The zero-order valence-corrected chi connectivity index (χ0v) is 4.26. The lowest BCUT2D eigenvalue weighted by Crippen LogP contribution is -1.68. The van der Waals surface area contributed by atoms with E-state index in [1.54, 1.807) is 12.4 Å². The third kappa shape index (κ3) is 1.000. The van der Waals surface area contributed by atoms with Gasteiger partial charge in [-0.3, -0.25) is 4.98 Å². The van der Waals surface area contributed by atoms with Gasteiger partial charge in [0.15, 0.2) is 0 Å². The molecule has 0 saturated heterocycles. The molecule has 1 nitrogen and oxygen atoms in total. The number of nitrogens with zero attached hydrogens (tertiary/aromatic N) is 1. The van der Waals surface area contributed by atoms with Crippen LogP contribution >= 0.6 is 0 Å². The van der Waals surface area contributed by atoms with Crippen LogP contribution in [0.2, 0.25) is 0 Å². The van der Waals surface area contributed by atoms with Gasteiger partial charge in [0.25, 0.3) is 0 Å². The van der Waals surface area contributed by atoms with E-state index >= 15 is 0 Å². The van der Waals surface area contributed by atoms with Crippen LogP contribution in [0.3, 0.4) is 0 Å². The van der Waals surface area contributed by atoms with Gasteiger partial charge in [-0.05, 0) is 24.6 Å². The minimum absolute atomic E-state index is 0. The van der Waals surface area contributed by atoms with E-state index in [1.807, 2.05) is 19.1 Å². The highest BCUT2D eigenvalue weighted by atomic mass is 14.6. The molecular weight excluding hydrogens is 86.1 g/mol. The molecule has 37 valence electrons. The largest absolute Gasteiger partial charge is 0.265 e. The highest BCUT2D eigenvalue weighted by Crippen LogP contribution is 1.88. The molecule has 0 aromatic carbocycles. The van der Waals surface area contributed by atoms with E-state index in [9.17, 15) is 0 Å². The summed E-state index contributed by atoms with van der Waals surface area (Å²) in [6.07, 6.45) is 3.57. The number of hydrogen-bond acceptors (Lipinski definition) is 1. The lowest BCUT2D eigenvalue weighted by Gasteiger charge is -1.82. The van der Waals surface area contributed by atoms with E-state index in [2.05, 4.69) is 4.98 Å². The van der Waals surface area contributed by atoms with Gasteiger partial charge < -0.3 is 0 Å². The zero-order valence-electron chi connectivity index (χ0n) is 5.26. The molecule has 0 unspecified atom stereocenters. The first-order valence-electron chi connectivity index (χ1n) is 2.26. The van der Waals surface area contributed by atoms with E-state index in [0.29, 0.717) is 0 Å². The maximum atomic E-state index is 3.85. The Morgan fingerprint density at radius 3 is 2.29 bits per heavy atom. The molecule has 0 spiro atoms. The summed E-state index contributed by atoms with van der Waals surface area (Å²) in [5, 5.41) is 0. The van der Waals surface area contributed by atoms with Crippen molar-refractivity contribution in [2.45, 2.75) is 6.92 Å². The molecule has 0 amide bonds. The Kier molecular flexibility index (Phi) is 1.07. The lowest BCUT2D eigenvalue weighted by atomic mass is 10.3. The third-order valence-corrected chi connectivity index (χ3v) is 0.847. The smallest absolute Gasteiger partial charge is 0.0270 e. The van der Waals surface area contributed by atoms with Gasteiger partial charge in [-0.1, -0.05) is 0 Å². The van der Waals surface area contributed by atoms with E-state index in [0.717, 1.165) is 0 Å². The van der Waals surface area contributed by atoms with E-state index in [1.165, 1.54) is 5.56 Å². The summed E-state index contributed by atoms with van der Waals surface area (Å²) in [7, 11) is 0. The van der Waals surface area contributed by atoms with Gasteiger partial charge in [0.2, 0.25) is 0 Å². The van der Waals surface area contributed by atoms with Crippen molar-refractivity contribution in [1.82, 2.24) is 4.98 Å². The van der Waals surface area contributed by atoms with Gasteiger partial charge in [0, 0.05) is 13.8 Å². The van der Waals surface area contributed by atoms with Crippen molar-refractivity contribution in [1.29, 1.82) is 0 Å². The highest BCUT2D eigenvalue weighted by molar-refractivity contribution is 5.05. The predicted molar refractivity (Wildman–Crippen MR) is 30.1 cm³/mol. The van der Waals surface area contributed by atoms with Crippen LogP contribution in [-0.4, -0.2) is 4.98 Å². The maximum absolute atomic E-state index is 3.85. The van der Waals surface area contributed by atoms with E-state index < -0.39 is 0 Å². The van der Waals surface area contributed by atoms with Gasteiger partial charge in [0.1, 0.15) is 0 Å². The second-order valence-corrected chi connectivity index (χ2v) is 1.52. The van der Waals surface area contributed by atoms with Gasteiger partial charge in [0.05, 0.1) is 0 Å². The average molecular weight is 95.1 g/mol. The molecule has 1 heterocycles. The minimum Gasteiger partial charge on any atom is -0.265 e. The maximum Gasteiger partial charge on any atom is 0.0270 e. The normalized spacial score (nSPS) is 8.71. The molecule has 0 aliphatic carbocycles. The summed E-state index contributed by atoms with van der Waals surface area (Å²) >= 11 is 0. The van der Waals surface area contributed by atoms with Crippen molar-refractivity contribution in [3.63, 3.8) is 0 Å². The second kappa shape index (κ2) is 1.73. The summed E-state index contributed by atoms with van der Waals surface area (Å²) in [4.78, 5) is 3.85. The first kappa shape index (κ1) is 4.31. The molecule has 1 heteroatoms. The molecule has 1 rings (SSSR count). The molecule has 1 aromatic rings. The van der Waals surface area contributed by atoms with Gasteiger partial charge in [-0.25, -0.2) is 0 Å². The lowest BCUT2D eigenvalue weighted by molar-refractivity contribution is 1.29. The standard InChI is InChI=1S/C6H7N.H/c1-6-2-4-7-5-3-6;/h2-5H,1H3;/i;1+1.